The first kappa shape index (κ1) is 11.4. The van der Waals surface area contributed by atoms with Gasteiger partial charge in [-0.3, -0.25) is 9.59 Å². The molecule has 6 nitrogen and oxygen atoms in total. The number of amides is 1. The first-order valence-corrected chi connectivity index (χ1v) is 6.93. The highest BCUT2D eigenvalue weighted by molar-refractivity contribution is 7.91. The fraction of sp³-hybridized carbons (Fsp3) is 0.778. The topological polar surface area (TPSA) is 91.8 Å². The normalized spacial score (nSPS) is 26.1. The molecule has 1 aliphatic carbocycles. The highest BCUT2D eigenvalue weighted by atomic mass is 32.2. The van der Waals surface area contributed by atoms with Crippen LogP contribution in [0, 0.1) is 5.41 Å². The third kappa shape index (κ3) is 1.79. The lowest BCUT2D eigenvalue weighted by Crippen LogP contribution is -2.48. The minimum absolute atomic E-state index is 0.0611. The van der Waals surface area contributed by atoms with Crippen LogP contribution in [-0.2, 0) is 19.4 Å². The van der Waals surface area contributed by atoms with Gasteiger partial charge in [-0.1, -0.05) is 0 Å². The van der Waals surface area contributed by atoms with Crippen LogP contribution in [0.2, 0.25) is 0 Å². The molecule has 1 saturated heterocycles. The van der Waals surface area contributed by atoms with Gasteiger partial charge in [0.1, 0.15) is 5.41 Å². The van der Waals surface area contributed by atoms with Crippen LogP contribution in [0.1, 0.15) is 12.8 Å². The van der Waals surface area contributed by atoms with Gasteiger partial charge in [0.05, 0.1) is 11.5 Å². The van der Waals surface area contributed by atoms with E-state index in [1.165, 1.54) is 4.90 Å². The standard InChI is InChI=1S/C9H13NO5S/c11-7(9(1-2-9)8(12)13)10-3-5-16(14,15)6-4-10/h1-6H2,(H,12,13). The fourth-order valence-corrected chi connectivity index (χ4v) is 3.06. The van der Waals surface area contributed by atoms with Crippen molar-refractivity contribution in [3.05, 3.63) is 0 Å². The average Bonchev–Trinajstić information content (AvgIpc) is 2.97. The van der Waals surface area contributed by atoms with Gasteiger partial charge in [0.25, 0.3) is 0 Å². The Morgan fingerprint density at radius 3 is 2.00 bits per heavy atom. The van der Waals surface area contributed by atoms with E-state index in [0.717, 1.165) is 0 Å². The van der Waals surface area contributed by atoms with E-state index < -0.39 is 27.1 Å². The SMILES string of the molecule is O=C(O)C1(C(=O)N2CCS(=O)(=O)CC2)CC1. The molecule has 0 atom stereocenters. The third-order valence-electron chi connectivity index (χ3n) is 3.20. The van der Waals surface area contributed by atoms with Gasteiger partial charge in [-0.2, -0.15) is 0 Å². The van der Waals surface area contributed by atoms with Gasteiger partial charge in [-0.25, -0.2) is 8.42 Å². The van der Waals surface area contributed by atoms with Crippen molar-refractivity contribution in [1.29, 1.82) is 0 Å². The number of nitrogens with zero attached hydrogens (tertiary/aromatic N) is 1. The van der Waals surface area contributed by atoms with Crippen molar-refractivity contribution in [3.8, 4) is 0 Å². The summed E-state index contributed by atoms with van der Waals surface area (Å²) in [5.74, 6) is -1.64. The fourth-order valence-electron chi connectivity index (χ4n) is 1.86. The van der Waals surface area contributed by atoms with Gasteiger partial charge in [-0.15, -0.1) is 0 Å². The highest BCUT2D eigenvalue weighted by Gasteiger charge is 2.58. The maximum absolute atomic E-state index is 11.9. The Morgan fingerprint density at radius 1 is 1.12 bits per heavy atom. The van der Waals surface area contributed by atoms with E-state index in [2.05, 4.69) is 0 Å². The zero-order chi connectivity index (χ0) is 12.0. The van der Waals surface area contributed by atoms with Crippen molar-refractivity contribution in [1.82, 2.24) is 4.90 Å². The largest absolute Gasteiger partial charge is 0.480 e. The predicted molar refractivity (Wildman–Crippen MR) is 54.5 cm³/mol. The van der Waals surface area contributed by atoms with Crippen molar-refractivity contribution in [2.24, 2.45) is 5.41 Å². The summed E-state index contributed by atoms with van der Waals surface area (Å²) >= 11 is 0. The first-order valence-electron chi connectivity index (χ1n) is 5.11. The lowest BCUT2D eigenvalue weighted by Gasteiger charge is -2.29. The molecule has 1 aliphatic heterocycles. The molecule has 0 unspecified atom stereocenters. The molecule has 0 aromatic carbocycles. The molecule has 1 heterocycles. The Hall–Kier alpha value is -1.11. The highest BCUT2D eigenvalue weighted by Crippen LogP contribution is 2.47. The van der Waals surface area contributed by atoms with E-state index in [-0.39, 0.29) is 24.6 Å². The summed E-state index contributed by atoms with van der Waals surface area (Å²) in [6.07, 6.45) is 0.731. The molecule has 2 fully saturated rings. The van der Waals surface area contributed by atoms with Gasteiger partial charge in [-0.05, 0) is 12.8 Å². The molecule has 2 aliphatic rings. The first-order chi connectivity index (χ1) is 7.37. The average molecular weight is 247 g/mol. The number of carbonyl (C=O) groups is 2. The maximum atomic E-state index is 11.9. The van der Waals surface area contributed by atoms with Gasteiger partial charge < -0.3 is 10.0 Å². The number of hydrogen-bond acceptors (Lipinski definition) is 4. The minimum Gasteiger partial charge on any atom is -0.480 e. The summed E-state index contributed by atoms with van der Waals surface area (Å²) in [4.78, 5) is 24.2. The summed E-state index contributed by atoms with van der Waals surface area (Å²) in [5, 5.41) is 8.94. The lowest BCUT2D eigenvalue weighted by molar-refractivity contribution is -0.153. The minimum atomic E-state index is -3.04. The molecule has 2 rings (SSSR count). The van der Waals surface area contributed by atoms with Crippen molar-refractivity contribution >= 4 is 21.7 Å². The molecule has 0 bridgehead atoms. The molecule has 7 heteroatoms. The van der Waals surface area contributed by atoms with E-state index in [1.54, 1.807) is 0 Å². The van der Waals surface area contributed by atoms with Crippen LogP contribution in [0.25, 0.3) is 0 Å². The van der Waals surface area contributed by atoms with Gasteiger partial charge in [0, 0.05) is 13.1 Å². The number of carboxylic acid groups (broad SMARTS) is 1. The van der Waals surface area contributed by atoms with Crippen LogP contribution in [0.4, 0.5) is 0 Å². The molecule has 0 aromatic heterocycles. The smallest absolute Gasteiger partial charge is 0.319 e. The molecule has 90 valence electrons. The Balaban J connectivity index is 2.05. The van der Waals surface area contributed by atoms with Gasteiger partial charge in [0.15, 0.2) is 9.84 Å². The van der Waals surface area contributed by atoms with Crippen LogP contribution in [-0.4, -0.2) is 54.9 Å². The molecule has 1 amide bonds. The van der Waals surface area contributed by atoms with Crippen LogP contribution in [0.5, 0.6) is 0 Å². The molecule has 1 N–H and O–H groups in total. The second-order valence-corrected chi connectivity index (χ2v) is 6.63. The van der Waals surface area contributed by atoms with Crippen LogP contribution in [0.3, 0.4) is 0 Å². The maximum Gasteiger partial charge on any atom is 0.319 e. The zero-order valence-electron chi connectivity index (χ0n) is 8.68. The second-order valence-electron chi connectivity index (χ2n) is 4.33. The summed E-state index contributed by atoms with van der Waals surface area (Å²) < 4.78 is 22.3. The summed E-state index contributed by atoms with van der Waals surface area (Å²) in [5.41, 5.74) is -1.25. The Bertz CT molecular complexity index is 423. The number of aliphatic carboxylic acids is 1. The summed E-state index contributed by atoms with van der Waals surface area (Å²) in [6.45, 7) is 0.242. The van der Waals surface area contributed by atoms with Gasteiger partial charge >= 0.3 is 5.97 Å². The van der Waals surface area contributed by atoms with E-state index in [0.29, 0.717) is 12.8 Å². The molecule has 0 aromatic rings. The zero-order valence-corrected chi connectivity index (χ0v) is 9.49. The Labute approximate surface area is 93.1 Å². The predicted octanol–water partition coefficient (Wildman–Crippen LogP) is -0.892. The summed E-state index contributed by atoms with van der Waals surface area (Å²) in [6, 6.07) is 0. The molecule has 0 spiro atoms. The number of hydrogen-bond donors (Lipinski definition) is 1. The quantitative estimate of drug-likeness (QED) is 0.639. The summed E-state index contributed by atoms with van der Waals surface area (Å²) in [7, 11) is -3.04. The van der Waals surface area contributed by atoms with Crippen molar-refractivity contribution < 1.29 is 23.1 Å². The van der Waals surface area contributed by atoms with Gasteiger partial charge in [0.2, 0.25) is 5.91 Å². The third-order valence-corrected chi connectivity index (χ3v) is 4.81. The van der Waals surface area contributed by atoms with E-state index in [9.17, 15) is 18.0 Å². The molecule has 1 saturated carbocycles. The molecule has 16 heavy (non-hydrogen) atoms. The van der Waals surface area contributed by atoms with Crippen LogP contribution >= 0.6 is 0 Å². The van der Waals surface area contributed by atoms with E-state index >= 15 is 0 Å². The number of rotatable bonds is 2. The molecular weight excluding hydrogens is 234 g/mol. The van der Waals surface area contributed by atoms with Crippen molar-refractivity contribution in [2.75, 3.05) is 24.6 Å². The van der Waals surface area contributed by atoms with Crippen LogP contribution < -0.4 is 0 Å². The molecule has 0 radical (unpaired) electrons. The number of sulfone groups is 1. The monoisotopic (exact) mass is 247 g/mol. The lowest BCUT2D eigenvalue weighted by atomic mass is 10.1. The Kier molecular flexibility index (Phi) is 2.45. The van der Waals surface area contributed by atoms with E-state index in [1.807, 2.05) is 0 Å². The van der Waals surface area contributed by atoms with Crippen LogP contribution in [0.15, 0.2) is 0 Å². The second kappa shape index (κ2) is 3.44. The Morgan fingerprint density at radius 2 is 1.62 bits per heavy atom. The number of carbonyl (C=O) groups excluding carboxylic acids is 1. The van der Waals surface area contributed by atoms with Crippen molar-refractivity contribution in [2.45, 2.75) is 12.8 Å². The van der Waals surface area contributed by atoms with E-state index in [4.69, 9.17) is 5.11 Å². The molecular formula is C9H13NO5S. The van der Waals surface area contributed by atoms with Crippen molar-refractivity contribution in [3.63, 3.8) is 0 Å². The number of carboxylic acids is 1.